The number of nitrogens with zero attached hydrogens (tertiary/aromatic N) is 2. The second kappa shape index (κ2) is 7.61. The predicted molar refractivity (Wildman–Crippen MR) is 116 cm³/mol. The van der Waals surface area contributed by atoms with Crippen molar-refractivity contribution in [1.82, 2.24) is 9.36 Å². The number of nitrogens with one attached hydrogen (secondary N) is 1. The Kier molecular flexibility index (Phi) is 4.65. The van der Waals surface area contributed by atoms with Gasteiger partial charge in [0, 0.05) is 23.0 Å². The Hall–Kier alpha value is -3.71. The molecule has 0 radical (unpaired) electrons. The third-order valence-electron chi connectivity index (χ3n) is 5.10. The van der Waals surface area contributed by atoms with E-state index in [4.69, 9.17) is 4.74 Å². The molecule has 0 bridgehead atoms. The molecule has 1 heterocycles. The summed E-state index contributed by atoms with van der Waals surface area (Å²) < 4.78 is 9.77. The van der Waals surface area contributed by atoms with E-state index in [0.717, 1.165) is 28.2 Å². The zero-order valence-electron chi connectivity index (χ0n) is 15.8. The number of hydrogen-bond acceptors (Lipinski definition) is 6. The van der Waals surface area contributed by atoms with Gasteiger partial charge in [-0.1, -0.05) is 48.5 Å². The van der Waals surface area contributed by atoms with E-state index < -0.39 is 6.09 Å². The average molecular weight is 415 g/mol. The normalized spacial score (nSPS) is 12.3. The summed E-state index contributed by atoms with van der Waals surface area (Å²) in [6.07, 6.45) is -0.565. The van der Waals surface area contributed by atoms with Crippen LogP contribution in [0.3, 0.4) is 0 Å². The lowest BCUT2D eigenvalue weighted by atomic mass is 9.98. The van der Waals surface area contributed by atoms with E-state index in [9.17, 15) is 9.90 Å². The summed E-state index contributed by atoms with van der Waals surface area (Å²) in [7, 11) is 0. The Balaban J connectivity index is 1.27. The van der Waals surface area contributed by atoms with E-state index in [1.807, 2.05) is 24.3 Å². The van der Waals surface area contributed by atoms with Crippen molar-refractivity contribution >= 4 is 22.8 Å². The van der Waals surface area contributed by atoms with Gasteiger partial charge in [-0.05, 0) is 46.5 Å². The minimum atomic E-state index is -0.565. The SMILES string of the molecule is O=C(Nc1nc(-c2ccc(O)cc2)ns1)OCC1c2ccccc2-c2ccccc21. The summed E-state index contributed by atoms with van der Waals surface area (Å²) in [6.45, 7) is 0.240. The molecule has 3 aromatic carbocycles. The van der Waals surface area contributed by atoms with E-state index in [2.05, 4.69) is 38.9 Å². The van der Waals surface area contributed by atoms with Gasteiger partial charge < -0.3 is 9.84 Å². The summed E-state index contributed by atoms with van der Waals surface area (Å²) in [5.74, 6) is 0.657. The number of benzene rings is 3. The zero-order valence-corrected chi connectivity index (χ0v) is 16.6. The van der Waals surface area contributed by atoms with E-state index in [1.165, 1.54) is 11.1 Å². The van der Waals surface area contributed by atoms with E-state index in [-0.39, 0.29) is 18.3 Å². The number of carbonyl (C=O) groups excluding carboxylic acids is 1. The molecule has 6 nitrogen and oxygen atoms in total. The maximum Gasteiger partial charge on any atom is 0.413 e. The highest BCUT2D eigenvalue weighted by Gasteiger charge is 2.29. The Morgan fingerprint density at radius 2 is 1.60 bits per heavy atom. The molecule has 4 aromatic rings. The van der Waals surface area contributed by atoms with Gasteiger partial charge in [0.15, 0.2) is 5.82 Å². The number of aromatic hydroxyl groups is 1. The topological polar surface area (TPSA) is 84.3 Å². The van der Waals surface area contributed by atoms with Gasteiger partial charge in [0.05, 0.1) is 0 Å². The molecule has 1 aromatic heterocycles. The van der Waals surface area contributed by atoms with Crippen molar-refractivity contribution in [2.24, 2.45) is 0 Å². The van der Waals surface area contributed by atoms with Crippen LogP contribution in [-0.2, 0) is 4.74 Å². The summed E-state index contributed by atoms with van der Waals surface area (Å²) >= 11 is 1.08. The largest absolute Gasteiger partial charge is 0.508 e. The molecule has 0 aliphatic heterocycles. The Labute approximate surface area is 177 Å². The number of amides is 1. The number of aromatic nitrogens is 2. The van der Waals surface area contributed by atoms with Crippen LogP contribution in [0, 0.1) is 0 Å². The van der Waals surface area contributed by atoms with Gasteiger partial charge in [0.1, 0.15) is 12.4 Å². The predicted octanol–water partition coefficient (Wildman–Crippen LogP) is 5.27. The number of fused-ring (bicyclic) bond motifs is 3. The molecule has 0 saturated carbocycles. The molecule has 148 valence electrons. The molecule has 1 aliphatic carbocycles. The van der Waals surface area contributed by atoms with Gasteiger partial charge in [-0.25, -0.2) is 4.79 Å². The Morgan fingerprint density at radius 1 is 0.967 bits per heavy atom. The van der Waals surface area contributed by atoms with Gasteiger partial charge in [-0.2, -0.15) is 9.36 Å². The third-order valence-corrected chi connectivity index (χ3v) is 5.73. The lowest BCUT2D eigenvalue weighted by Gasteiger charge is -2.14. The van der Waals surface area contributed by atoms with Crippen molar-refractivity contribution < 1.29 is 14.6 Å². The van der Waals surface area contributed by atoms with Crippen LogP contribution in [0.5, 0.6) is 5.75 Å². The highest BCUT2D eigenvalue weighted by molar-refractivity contribution is 7.10. The highest BCUT2D eigenvalue weighted by atomic mass is 32.1. The molecule has 0 spiro atoms. The fraction of sp³-hybridized carbons (Fsp3) is 0.0870. The molecule has 0 unspecified atom stereocenters. The average Bonchev–Trinajstić information content (AvgIpc) is 3.36. The summed E-state index contributed by atoms with van der Waals surface area (Å²) in [5, 5.41) is 12.4. The molecule has 0 atom stereocenters. The maximum absolute atomic E-state index is 12.4. The maximum atomic E-state index is 12.4. The molecule has 1 amide bonds. The minimum Gasteiger partial charge on any atom is -0.508 e. The van der Waals surface area contributed by atoms with Crippen LogP contribution in [0.2, 0.25) is 0 Å². The number of carbonyl (C=O) groups is 1. The number of hydrogen-bond donors (Lipinski definition) is 2. The van der Waals surface area contributed by atoms with Crippen molar-refractivity contribution in [2.45, 2.75) is 5.92 Å². The number of ether oxygens (including phenoxy) is 1. The summed E-state index contributed by atoms with van der Waals surface area (Å²) in [6, 6.07) is 23.0. The molecule has 2 N–H and O–H groups in total. The van der Waals surface area contributed by atoms with Gasteiger partial charge >= 0.3 is 6.09 Å². The molecule has 5 rings (SSSR count). The minimum absolute atomic E-state index is 0.00475. The van der Waals surface area contributed by atoms with Crippen LogP contribution >= 0.6 is 11.5 Å². The first-order valence-corrected chi connectivity index (χ1v) is 10.2. The fourth-order valence-electron chi connectivity index (χ4n) is 3.72. The van der Waals surface area contributed by atoms with E-state index in [0.29, 0.717) is 11.0 Å². The van der Waals surface area contributed by atoms with Crippen LogP contribution in [0.25, 0.3) is 22.5 Å². The van der Waals surface area contributed by atoms with Crippen LogP contribution in [0.4, 0.5) is 9.93 Å². The molecule has 30 heavy (non-hydrogen) atoms. The molecule has 7 heteroatoms. The summed E-state index contributed by atoms with van der Waals surface area (Å²) in [4.78, 5) is 16.7. The van der Waals surface area contributed by atoms with Crippen LogP contribution in [-0.4, -0.2) is 27.2 Å². The molecule has 0 saturated heterocycles. The second-order valence-electron chi connectivity index (χ2n) is 6.92. The van der Waals surface area contributed by atoms with E-state index in [1.54, 1.807) is 24.3 Å². The van der Waals surface area contributed by atoms with Gasteiger partial charge in [0.25, 0.3) is 0 Å². The van der Waals surface area contributed by atoms with Crippen molar-refractivity contribution in [3.05, 3.63) is 83.9 Å². The standard InChI is InChI=1S/C23H17N3O3S/c27-15-11-9-14(10-12-15)21-24-22(30-26-21)25-23(28)29-13-20-18-7-3-1-5-16(18)17-6-2-4-8-19(17)20/h1-12,20,27H,13H2,(H,24,25,26,28). The lowest BCUT2D eigenvalue weighted by molar-refractivity contribution is 0.158. The molecule has 0 fully saturated rings. The fourth-order valence-corrected chi connectivity index (χ4v) is 4.30. The van der Waals surface area contributed by atoms with Crippen LogP contribution in [0.15, 0.2) is 72.8 Å². The van der Waals surface area contributed by atoms with Crippen LogP contribution in [0.1, 0.15) is 17.0 Å². The first-order valence-electron chi connectivity index (χ1n) is 9.44. The highest BCUT2D eigenvalue weighted by Crippen LogP contribution is 2.44. The quantitative estimate of drug-likeness (QED) is 0.474. The van der Waals surface area contributed by atoms with Crippen molar-refractivity contribution in [3.8, 4) is 28.3 Å². The number of anilines is 1. The lowest BCUT2D eigenvalue weighted by Crippen LogP contribution is -2.17. The number of rotatable bonds is 4. The molecule has 1 aliphatic rings. The van der Waals surface area contributed by atoms with Crippen molar-refractivity contribution in [3.63, 3.8) is 0 Å². The zero-order chi connectivity index (χ0) is 20.5. The molecular weight excluding hydrogens is 398 g/mol. The Bertz CT molecular complexity index is 1170. The van der Waals surface area contributed by atoms with Gasteiger partial charge in [-0.15, -0.1) is 0 Å². The van der Waals surface area contributed by atoms with Crippen LogP contribution < -0.4 is 5.32 Å². The number of phenolic OH excluding ortho intramolecular Hbond substituents is 1. The summed E-state index contributed by atoms with van der Waals surface area (Å²) in [5.41, 5.74) is 5.45. The third kappa shape index (κ3) is 3.40. The van der Waals surface area contributed by atoms with Crippen molar-refractivity contribution in [2.75, 3.05) is 11.9 Å². The van der Waals surface area contributed by atoms with E-state index >= 15 is 0 Å². The number of phenols is 1. The Morgan fingerprint density at radius 3 is 2.27 bits per heavy atom. The second-order valence-corrected chi connectivity index (χ2v) is 7.67. The first kappa shape index (κ1) is 18.3. The van der Waals surface area contributed by atoms with Gasteiger partial charge in [-0.3, -0.25) is 5.32 Å². The van der Waals surface area contributed by atoms with Gasteiger partial charge in [0.2, 0.25) is 5.13 Å². The first-order chi connectivity index (χ1) is 14.7. The molecular formula is C23H17N3O3S. The van der Waals surface area contributed by atoms with Crippen molar-refractivity contribution in [1.29, 1.82) is 0 Å². The smallest absolute Gasteiger partial charge is 0.413 e. The monoisotopic (exact) mass is 415 g/mol.